The molecule has 12 rings (SSSR count). The molecule has 14 nitrogen and oxygen atoms in total. The molecule has 0 amide bonds. The number of ether oxygens (including phenoxy) is 2. The molecule has 6 heterocycles. The summed E-state index contributed by atoms with van der Waals surface area (Å²) in [6.45, 7) is 6.63. The van der Waals surface area contributed by atoms with E-state index in [-0.39, 0.29) is 78.3 Å². The zero-order valence-corrected chi connectivity index (χ0v) is 66.4. The summed E-state index contributed by atoms with van der Waals surface area (Å²) in [7, 11) is 1.00. The highest BCUT2D eigenvalue weighted by atomic mass is 35.5. The third-order valence-corrected chi connectivity index (χ3v) is 16.6. The van der Waals surface area contributed by atoms with E-state index >= 15 is 0 Å². The van der Waals surface area contributed by atoms with Gasteiger partial charge in [0.15, 0.2) is 57.9 Å². The molecule has 598 valence electrons. The van der Waals surface area contributed by atoms with Gasteiger partial charge in [0.1, 0.15) is 45.6 Å². The van der Waals surface area contributed by atoms with Crippen LogP contribution in [0.15, 0.2) is 200 Å². The van der Waals surface area contributed by atoms with Crippen molar-refractivity contribution >= 4 is 139 Å². The highest BCUT2D eigenvalue weighted by Gasteiger charge is 2.25. The Morgan fingerprint density at radius 3 is 0.739 bits per heavy atom. The molecule has 0 radical (unpaired) electrons. The summed E-state index contributed by atoms with van der Waals surface area (Å²) in [5.41, 5.74) is 0.271. The molecule has 0 unspecified atom stereocenters. The zero-order valence-electron chi connectivity index (χ0n) is 59.6. The van der Waals surface area contributed by atoms with Gasteiger partial charge in [-0.2, -0.15) is 8.78 Å². The first kappa shape index (κ1) is 95.2. The number of alkyl halides is 2. The van der Waals surface area contributed by atoms with Crippen molar-refractivity contribution in [1.29, 1.82) is 0 Å². The average molecular weight is 1770 g/mol. The molecule has 0 saturated carbocycles. The molecular formula is C80H53Cl9F12N6O8. The molecule has 0 N–H and O–H groups in total. The summed E-state index contributed by atoms with van der Waals surface area (Å²) in [5.74, 6) is -11.2. The van der Waals surface area contributed by atoms with E-state index in [1.54, 1.807) is 100 Å². The molecule has 35 heteroatoms. The average Bonchev–Trinajstić information content (AvgIpc) is 0.886. The fourth-order valence-corrected chi connectivity index (χ4v) is 10.3. The van der Waals surface area contributed by atoms with Crippen LogP contribution in [-0.4, -0.2) is 91.0 Å². The third-order valence-electron chi connectivity index (χ3n) is 13.9. The van der Waals surface area contributed by atoms with Crippen LogP contribution in [0.5, 0.6) is 0 Å². The maximum absolute atomic E-state index is 13.9. The lowest BCUT2D eigenvalue weighted by Crippen LogP contribution is -2.14. The Morgan fingerprint density at radius 1 is 0.296 bits per heavy atom. The van der Waals surface area contributed by atoms with Gasteiger partial charge in [0, 0.05) is 72.7 Å². The highest BCUT2D eigenvalue weighted by Crippen LogP contribution is 2.36. The van der Waals surface area contributed by atoms with Crippen molar-refractivity contribution in [3.8, 4) is 67.5 Å². The standard InChI is InChI=1S/C15H12ClF2NO2.C15H13F2NO2.C12H5Cl4NO.C12H6Cl3NO.C12H5ClF3NO.C12H6F3NO.2CH3F/c1-8(2)21-15(20)12-7-11(17)13(18)14(19-12)9-3-5-10(16)6-4-9;1-9(2)20-15(19)12-8-11(16)13(17)14(18-12)10-6-4-3-5-7-10;13-7-3-1-6(2-4-7)11-10(15)8(14)5-9(17-11)12(16)18;13-8-6-9(12(15)17)16-11(10(8)14)7-4-2-1-3-5-7;13-7-3-1-6(2-4-7)11-10(15)8(14)5-9(17-11)12(16)18;13-8-6-9(12(15)17)16-11(10(8)14)7-4-2-1-3-5-7;2*1-2/h3-8H,1-2H3;3-9H,1-2H3;1-5H;1-6H;1-5H;1-6H;2*1H3. The van der Waals surface area contributed by atoms with E-state index in [1.807, 2.05) is 30.3 Å². The normalized spacial score (nSPS) is 10.2. The van der Waals surface area contributed by atoms with Crippen LogP contribution >= 0.6 is 104 Å². The van der Waals surface area contributed by atoms with Gasteiger partial charge in [-0.25, -0.2) is 74.6 Å². The molecule has 0 aliphatic carbocycles. The number of hydrogen-bond donors (Lipinski definition) is 0. The summed E-state index contributed by atoms with van der Waals surface area (Å²) in [6.07, 6.45) is -0.746. The van der Waals surface area contributed by atoms with E-state index in [0.29, 0.717) is 74.7 Å². The number of hydrogen-bond acceptors (Lipinski definition) is 14. The van der Waals surface area contributed by atoms with Gasteiger partial charge in [-0.3, -0.25) is 28.0 Å². The fraction of sp³-hybridized carbons (Fsp3) is 0.100. The minimum atomic E-state index is -1.93. The Morgan fingerprint density at radius 2 is 0.504 bits per heavy atom. The van der Waals surface area contributed by atoms with Crippen LogP contribution in [0.3, 0.4) is 0 Å². The minimum Gasteiger partial charge on any atom is -0.458 e. The summed E-state index contributed by atoms with van der Waals surface area (Å²) in [6, 6.07) is 45.0. The number of nitrogens with zero attached hydrogens (tertiary/aromatic N) is 6. The van der Waals surface area contributed by atoms with E-state index in [4.69, 9.17) is 114 Å². The predicted octanol–water partition coefficient (Wildman–Crippen LogP) is 25.5. The minimum absolute atomic E-state index is 0.0519. The quantitative estimate of drug-likeness (QED) is 0.0566. The molecule has 0 aliphatic rings. The number of esters is 2. The first-order valence-electron chi connectivity index (χ1n) is 32.1. The van der Waals surface area contributed by atoms with Gasteiger partial charge >= 0.3 is 24.0 Å². The van der Waals surface area contributed by atoms with E-state index in [0.717, 1.165) is 17.7 Å². The first-order chi connectivity index (χ1) is 54.5. The maximum atomic E-state index is 13.9. The van der Waals surface area contributed by atoms with Gasteiger partial charge in [-0.05, 0) is 99.4 Å². The Balaban J connectivity index is 0.000000244. The number of carbonyl (C=O) groups is 6. The first-order valence-corrected chi connectivity index (χ1v) is 35.5. The maximum Gasteiger partial charge on any atom is 0.357 e. The van der Waals surface area contributed by atoms with Crippen LogP contribution in [0.4, 0.5) is 52.7 Å². The Bertz CT molecular complexity index is 5180. The van der Waals surface area contributed by atoms with Crippen molar-refractivity contribution in [2.45, 2.75) is 39.9 Å². The predicted molar refractivity (Wildman–Crippen MR) is 419 cm³/mol. The number of carbonyl (C=O) groups excluding carboxylic acids is 6. The molecule has 0 spiro atoms. The Kier molecular flexibility index (Phi) is 38.3. The number of pyridine rings is 6. The zero-order chi connectivity index (χ0) is 85.7. The van der Waals surface area contributed by atoms with Crippen LogP contribution in [0.1, 0.15) is 90.6 Å². The second-order valence-corrected chi connectivity index (χ2v) is 26.1. The molecule has 0 fully saturated rings. The molecule has 0 atom stereocenters. The van der Waals surface area contributed by atoms with E-state index in [1.165, 1.54) is 72.8 Å². The summed E-state index contributed by atoms with van der Waals surface area (Å²) >= 11 is 51.9. The lowest BCUT2D eigenvalue weighted by atomic mass is 10.1. The van der Waals surface area contributed by atoms with Crippen molar-refractivity contribution in [3.05, 3.63) is 316 Å². The summed E-state index contributed by atoms with van der Waals surface area (Å²) in [4.78, 5) is 89.5. The van der Waals surface area contributed by atoms with Gasteiger partial charge in [0.05, 0.1) is 58.0 Å². The number of halogens is 21. The third kappa shape index (κ3) is 28.0. The van der Waals surface area contributed by atoms with Gasteiger partial charge < -0.3 is 9.47 Å². The Hall–Kier alpha value is -10.4. The van der Waals surface area contributed by atoms with Gasteiger partial charge in [0.25, 0.3) is 10.5 Å². The molecule has 6 aromatic carbocycles. The van der Waals surface area contributed by atoms with Crippen LogP contribution in [-0.2, 0) is 9.47 Å². The van der Waals surface area contributed by atoms with Crippen molar-refractivity contribution < 1.29 is 90.9 Å². The van der Waals surface area contributed by atoms with Crippen LogP contribution in [0, 0.1) is 46.5 Å². The molecule has 12 aromatic rings. The van der Waals surface area contributed by atoms with Crippen LogP contribution in [0.2, 0.25) is 35.2 Å². The second-order valence-electron chi connectivity index (χ2n) is 22.5. The van der Waals surface area contributed by atoms with Crippen molar-refractivity contribution in [2.75, 3.05) is 14.4 Å². The van der Waals surface area contributed by atoms with Crippen LogP contribution < -0.4 is 0 Å². The monoisotopic (exact) mass is 1770 g/mol. The number of rotatable bonds is 14. The van der Waals surface area contributed by atoms with E-state index in [2.05, 4.69) is 29.9 Å². The smallest absolute Gasteiger partial charge is 0.357 e. The SMILES string of the molecule is CC(C)OC(=O)c1cc(F)c(F)c(-c2ccc(Cl)cc2)n1.CC(C)OC(=O)c1cc(F)c(F)c(-c2ccccc2)n1.CF.CF.O=C(Cl)c1cc(Cl)c(Cl)c(-c2ccc(Cl)cc2)n1.O=C(Cl)c1cc(Cl)c(Cl)c(-c2ccccc2)n1.O=C(F)c1cc(F)c(F)c(-c2ccc(Cl)cc2)n1.O=C(F)c1cc(F)c(F)c(-c2ccccc2)n1. The molecule has 6 aromatic heterocycles. The van der Waals surface area contributed by atoms with Crippen molar-refractivity contribution in [2.24, 2.45) is 0 Å². The lowest BCUT2D eigenvalue weighted by molar-refractivity contribution is 0.0359. The number of aromatic nitrogens is 6. The van der Waals surface area contributed by atoms with Gasteiger partial charge in [0.2, 0.25) is 0 Å². The molecule has 0 saturated heterocycles. The summed E-state index contributed by atoms with van der Waals surface area (Å²) in [5, 5.41) is 1.13. The van der Waals surface area contributed by atoms with E-state index in [9.17, 15) is 81.5 Å². The second kappa shape index (κ2) is 46.2. The highest BCUT2D eigenvalue weighted by molar-refractivity contribution is 6.68. The Labute approximate surface area is 692 Å². The molecule has 115 heavy (non-hydrogen) atoms. The summed E-state index contributed by atoms with van der Waals surface area (Å²) < 4.78 is 162. The fourth-order valence-electron chi connectivity index (χ4n) is 8.91. The largest absolute Gasteiger partial charge is 0.458 e. The van der Waals surface area contributed by atoms with Crippen LogP contribution in [0.25, 0.3) is 67.5 Å². The molecule has 0 bridgehead atoms. The number of benzene rings is 6. The molecule has 0 aliphatic heterocycles. The van der Waals surface area contributed by atoms with Crippen molar-refractivity contribution in [3.63, 3.8) is 0 Å². The molecular weight excluding hydrogens is 1720 g/mol. The van der Waals surface area contributed by atoms with Crippen molar-refractivity contribution in [1.82, 2.24) is 29.9 Å². The lowest BCUT2D eigenvalue weighted by Gasteiger charge is -2.10. The van der Waals surface area contributed by atoms with E-state index < -0.39 is 98.1 Å². The van der Waals surface area contributed by atoms with Gasteiger partial charge in [-0.15, -0.1) is 0 Å². The van der Waals surface area contributed by atoms with Gasteiger partial charge in [-0.1, -0.05) is 209 Å². The topological polar surface area (TPSA) is 198 Å².